The molecule has 4 rings (SSSR count). The van der Waals surface area contributed by atoms with Crippen molar-refractivity contribution in [1.82, 2.24) is 20.1 Å². The molecule has 35 heavy (non-hydrogen) atoms. The van der Waals surface area contributed by atoms with Gasteiger partial charge in [0, 0.05) is 50.5 Å². The van der Waals surface area contributed by atoms with Crippen molar-refractivity contribution in [1.29, 1.82) is 0 Å². The zero-order valence-corrected chi connectivity index (χ0v) is 21.5. The van der Waals surface area contributed by atoms with Gasteiger partial charge in [-0.15, -0.1) is 0 Å². The number of phenolic OH excluding ortho intramolecular Hbond substituents is 1. The first-order valence-electron chi connectivity index (χ1n) is 12.2. The van der Waals surface area contributed by atoms with Crippen molar-refractivity contribution >= 4 is 29.6 Å². The number of carbonyl (C=O) groups excluding carboxylic acids is 2. The number of nitrogens with zero attached hydrogens (tertiary/aromatic N) is 4. The Labute approximate surface area is 212 Å². The number of phenols is 1. The zero-order valence-electron chi connectivity index (χ0n) is 20.8. The number of amides is 1. The van der Waals surface area contributed by atoms with Crippen molar-refractivity contribution in [2.45, 2.75) is 38.3 Å². The third kappa shape index (κ3) is 7.16. The number of likely N-dealkylation sites (tertiary alicyclic amines) is 1. The molecule has 2 aliphatic rings. The average Bonchev–Trinajstić information content (AvgIpc) is 2.89. The molecule has 1 atom stereocenters. The molecule has 0 radical (unpaired) electrons. The van der Waals surface area contributed by atoms with Crippen LogP contribution >= 0.6 is 11.6 Å². The fourth-order valence-electron chi connectivity index (χ4n) is 4.72. The van der Waals surface area contributed by atoms with E-state index in [1.165, 1.54) is 38.1 Å². The van der Waals surface area contributed by atoms with E-state index < -0.39 is 0 Å². The van der Waals surface area contributed by atoms with E-state index in [2.05, 4.69) is 39.0 Å². The van der Waals surface area contributed by atoms with Crippen molar-refractivity contribution < 1.29 is 14.7 Å². The lowest BCUT2D eigenvalue weighted by atomic mass is 9.98. The Morgan fingerprint density at radius 2 is 1.89 bits per heavy atom. The second kappa shape index (κ2) is 12.9. The van der Waals surface area contributed by atoms with Crippen LogP contribution in [0.2, 0.25) is 5.02 Å². The van der Waals surface area contributed by atoms with Gasteiger partial charge in [0.1, 0.15) is 17.9 Å². The molecule has 0 saturated carbocycles. The minimum atomic E-state index is -0.163. The summed E-state index contributed by atoms with van der Waals surface area (Å²) >= 11 is 6.45. The fraction of sp³-hybridized carbons (Fsp3) is 0.500. The molecule has 2 fully saturated rings. The van der Waals surface area contributed by atoms with Crippen molar-refractivity contribution in [3.8, 4) is 5.75 Å². The number of hydrogen-bond acceptors (Lipinski definition) is 7. The average molecular weight is 502 g/mol. The molecular formula is C26H36ClN5O3. The molecule has 2 aromatic rings. The van der Waals surface area contributed by atoms with Gasteiger partial charge in [-0.1, -0.05) is 18.5 Å². The first kappa shape index (κ1) is 26.9. The van der Waals surface area contributed by atoms with Crippen LogP contribution in [0.3, 0.4) is 0 Å². The summed E-state index contributed by atoms with van der Waals surface area (Å²) in [5, 5.41) is 11.9. The van der Waals surface area contributed by atoms with Crippen molar-refractivity contribution in [3.05, 3.63) is 52.7 Å². The van der Waals surface area contributed by atoms with E-state index >= 15 is 0 Å². The third-order valence-electron chi connectivity index (χ3n) is 6.80. The van der Waals surface area contributed by atoms with Crippen molar-refractivity contribution in [2.75, 3.05) is 51.7 Å². The van der Waals surface area contributed by atoms with Gasteiger partial charge in [0.25, 0.3) is 5.91 Å². The SMILES string of the molecule is CCC1CN(c2ncc(C(=O)NC)cc2Cl)CCN1C1CCN(C)CC1.O=Cc1ccc(O)cc1. The second-order valence-corrected chi connectivity index (χ2v) is 9.51. The fourth-order valence-corrected chi connectivity index (χ4v) is 5.00. The number of piperidine rings is 1. The van der Waals surface area contributed by atoms with Crippen LogP contribution in [0.15, 0.2) is 36.5 Å². The van der Waals surface area contributed by atoms with Crippen LogP contribution in [0.1, 0.15) is 46.9 Å². The maximum Gasteiger partial charge on any atom is 0.252 e. The smallest absolute Gasteiger partial charge is 0.252 e. The maximum absolute atomic E-state index is 11.8. The molecule has 1 amide bonds. The van der Waals surface area contributed by atoms with Crippen molar-refractivity contribution in [3.63, 3.8) is 0 Å². The summed E-state index contributed by atoms with van der Waals surface area (Å²) in [6, 6.07) is 9.00. The Balaban J connectivity index is 0.000000320. The van der Waals surface area contributed by atoms with E-state index in [1.54, 1.807) is 31.4 Å². The van der Waals surface area contributed by atoms with Gasteiger partial charge in [0.2, 0.25) is 0 Å². The van der Waals surface area contributed by atoms with E-state index in [0.29, 0.717) is 28.2 Å². The summed E-state index contributed by atoms with van der Waals surface area (Å²) in [7, 11) is 3.82. The number of rotatable bonds is 5. The van der Waals surface area contributed by atoms with E-state index in [1.807, 2.05) is 0 Å². The maximum atomic E-state index is 11.8. The van der Waals surface area contributed by atoms with Crippen LogP contribution in [0.25, 0.3) is 0 Å². The van der Waals surface area contributed by atoms with Gasteiger partial charge in [-0.05, 0) is 69.7 Å². The Bertz CT molecular complexity index is 979. The monoisotopic (exact) mass is 501 g/mol. The highest BCUT2D eigenvalue weighted by molar-refractivity contribution is 6.33. The molecule has 1 unspecified atom stereocenters. The molecule has 190 valence electrons. The third-order valence-corrected chi connectivity index (χ3v) is 7.07. The van der Waals surface area contributed by atoms with Crippen LogP contribution in [-0.4, -0.2) is 91.0 Å². The summed E-state index contributed by atoms with van der Waals surface area (Å²) in [5.41, 5.74) is 1.08. The number of benzene rings is 1. The van der Waals surface area contributed by atoms with Gasteiger partial charge >= 0.3 is 0 Å². The lowest BCUT2D eigenvalue weighted by molar-refractivity contribution is 0.0701. The van der Waals surface area contributed by atoms with Crippen LogP contribution < -0.4 is 10.2 Å². The lowest BCUT2D eigenvalue weighted by Gasteiger charge is -2.47. The molecule has 0 spiro atoms. The predicted octanol–water partition coefficient (Wildman–Crippen LogP) is 3.29. The molecule has 1 aromatic carbocycles. The number of nitrogens with one attached hydrogen (secondary N) is 1. The van der Waals surface area contributed by atoms with Gasteiger partial charge in [-0.3, -0.25) is 14.5 Å². The molecule has 0 bridgehead atoms. The van der Waals surface area contributed by atoms with Crippen LogP contribution in [0.4, 0.5) is 5.82 Å². The van der Waals surface area contributed by atoms with Gasteiger partial charge in [0.15, 0.2) is 0 Å². The zero-order chi connectivity index (χ0) is 25.4. The summed E-state index contributed by atoms with van der Waals surface area (Å²) < 4.78 is 0. The standard InChI is InChI=1S/C19H30ClN5O.C7H6O2/c1-4-15-13-24(9-10-25(15)16-5-7-23(3)8-6-16)18-17(20)11-14(12-22-18)19(26)21-2;8-5-6-1-3-7(9)4-2-6/h11-12,15-16H,4-10,13H2,1-3H3,(H,21,26);1-5,9H. The minimum absolute atomic E-state index is 0.163. The normalized spacial score (nSPS) is 19.5. The van der Waals surface area contributed by atoms with E-state index in [-0.39, 0.29) is 11.7 Å². The number of halogens is 1. The molecule has 2 saturated heterocycles. The number of aromatic hydroxyl groups is 1. The molecule has 3 heterocycles. The number of anilines is 1. The lowest BCUT2D eigenvalue weighted by Crippen LogP contribution is -2.58. The largest absolute Gasteiger partial charge is 0.508 e. The molecular weight excluding hydrogens is 466 g/mol. The first-order chi connectivity index (χ1) is 16.9. The Morgan fingerprint density at radius 1 is 1.20 bits per heavy atom. The van der Waals surface area contributed by atoms with E-state index in [9.17, 15) is 9.59 Å². The highest BCUT2D eigenvalue weighted by Crippen LogP contribution is 2.29. The number of carbonyl (C=O) groups is 2. The van der Waals surface area contributed by atoms with E-state index in [0.717, 1.165) is 38.2 Å². The molecule has 8 nitrogen and oxygen atoms in total. The first-order valence-corrected chi connectivity index (χ1v) is 12.5. The Kier molecular flexibility index (Phi) is 9.89. The highest BCUT2D eigenvalue weighted by atomic mass is 35.5. The van der Waals surface area contributed by atoms with Gasteiger partial charge < -0.3 is 20.2 Å². The Morgan fingerprint density at radius 3 is 2.46 bits per heavy atom. The summed E-state index contributed by atoms with van der Waals surface area (Å²) in [6.07, 6.45) is 5.99. The molecule has 2 N–H and O–H groups in total. The quantitative estimate of drug-likeness (QED) is 0.607. The van der Waals surface area contributed by atoms with Gasteiger partial charge in [-0.2, -0.15) is 0 Å². The van der Waals surface area contributed by atoms with Crippen LogP contribution in [0, 0.1) is 0 Å². The number of piperazine rings is 1. The Hall–Kier alpha value is -2.68. The number of aromatic nitrogens is 1. The summed E-state index contributed by atoms with van der Waals surface area (Å²) in [4.78, 5) is 33.7. The van der Waals surface area contributed by atoms with Crippen molar-refractivity contribution in [2.24, 2.45) is 0 Å². The summed E-state index contributed by atoms with van der Waals surface area (Å²) in [6.45, 7) is 7.55. The molecule has 1 aromatic heterocycles. The second-order valence-electron chi connectivity index (χ2n) is 9.10. The molecule has 0 aliphatic carbocycles. The predicted molar refractivity (Wildman–Crippen MR) is 140 cm³/mol. The minimum Gasteiger partial charge on any atom is -0.508 e. The topological polar surface area (TPSA) is 89.0 Å². The molecule has 2 aliphatic heterocycles. The van der Waals surface area contributed by atoms with Gasteiger partial charge in [-0.25, -0.2) is 4.98 Å². The summed E-state index contributed by atoms with van der Waals surface area (Å²) in [5.74, 6) is 0.811. The molecule has 9 heteroatoms. The van der Waals surface area contributed by atoms with Gasteiger partial charge in [0.05, 0.1) is 10.6 Å². The van der Waals surface area contributed by atoms with E-state index in [4.69, 9.17) is 16.7 Å². The van der Waals surface area contributed by atoms with Crippen LogP contribution in [-0.2, 0) is 0 Å². The number of hydrogen-bond donors (Lipinski definition) is 2. The van der Waals surface area contributed by atoms with Crippen LogP contribution in [0.5, 0.6) is 5.75 Å². The number of aldehydes is 1. The number of pyridine rings is 1. The highest BCUT2D eigenvalue weighted by Gasteiger charge is 2.33.